The first kappa shape index (κ1) is 24.9. The van der Waals surface area contributed by atoms with E-state index in [0.29, 0.717) is 13.2 Å². The Morgan fingerprint density at radius 2 is 1.08 bits per heavy atom. The maximum atomic E-state index is 12.1. The number of ether oxygens (including phenoxy) is 2. The summed E-state index contributed by atoms with van der Waals surface area (Å²) in [7, 11) is -2.20. The Morgan fingerprint density at radius 1 is 0.750 bits per heavy atom. The van der Waals surface area contributed by atoms with E-state index in [9.17, 15) is 4.57 Å². The highest BCUT2D eigenvalue weighted by molar-refractivity contribution is 9.09. The zero-order valence-corrected chi connectivity index (χ0v) is 19.4. The van der Waals surface area contributed by atoms with Crippen LogP contribution in [0, 0.1) is 0 Å². The van der Waals surface area contributed by atoms with Gasteiger partial charge in [-0.05, 0) is 25.7 Å². The topological polar surface area (TPSA) is 54.0 Å². The molecule has 0 unspecified atom stereocenters. The third-order valence-corrected chi connectivity index (χ3v) is 5.74. The van der Waals surface area contributed by atoms with E-state index in [1.54, 1.807) is 0 Å². The van der Waals surface area contributed by atoms with Crippen molar-refractivity contribution in [2.75, 3.05) is 37.1 Å². The quantitative estimate of drug-likeness (QED) is 0.206. The Balaban J connectivity index is 4.49. The van der Waals surface area contributed by atoms with Gasteiger partial charge in [-0.1, -0.05) is 59.6 Å². The molecule has 0 atom stereocenters. The molecule has 24 heavy (non-hydrogen) atoms. The zero-order valence-electron chi connectivity index (χ0n) is 15.3. The van der Waals surface area contributed by atoms with Crippen LogP contribution < -0.4 is 0 Å². The molecule has 0 aromatic rings. The van der Waals surface area contributed by atoms with Crippen molar-refractivity contribution in [3.8, 4) is 0 Å². The summed E-state index contributed by atoms with van der Waals surface area (Å²) in [4.78, 5) is 0. The van der Waals surface area contributed by atoms with Crippen LogP contribution in [0.1, 0.15) is 53.4 Å². The minimum absolute atomic E-state index is 0.260. The number of alkyl halides is 2. The molecule has 0 fully saturated rings. The molecule has 0 heterocycles. The Bertz CT molecular complexity index is 306. The summed E-state index contributed by atoms with van der Waals surface area (Å²) in [6, 6.07) is 0. The van der Waals surface area contributed by atoms with Crippen LogP contribution in [0.4, 0.5) is 0 Å². The second-order valence-electron chi connectivity index (χ2n) is 5.63. The first-order valence-corrected chi connectivity index (χ1v) is 11.9. The van der Waals surface area contributed by atoms with E-state index in [0.717, 1.165) is 36.3 Å². The second kappa shape index (κ2) is 14.0. The Hall–Kier alpha value is 0.900. The van der Waals surface area contributed by atoms with E-state index in [1.165, 1.54) is 0 Å². The van der Waals surface area contributed by atoms with E-state index in [1.807, 2.05) is 27.7 Å². The van der Waals surface area contributed by atoms with Gasteiger partial charge in [0.2, 0.25) is 0 Å². The summed E-state index contributed by atoms with van der Waals surface area (Å²) in [6.45, 7) is 9.89. The van der Waals surface area contributed by atoms with Gasteiger partial charge < -0.3 is 9.47 Å². The maximum absolute atomic E-state index is 12.1. The highest BCUT2D eigenvalue weighted by Gasteiger charge is 2.37. The number of rotatable bonds is 16. The molecule has 144 valence electrons. The average molecular weight is 495 g/mol. The molecule has 0 aliphatic carbocycles. The predicted molar refractivity (Wildman–Crippen MR) is 106 cm³/mol. The van der Waals surface area contributed by atoms with Gasteiger partial charge in [0.05, 0.1) is 24.4 Å². The number of halogens is 2. The molecule has 0 rings (SSSR count). The highest BCUT2D eigenvalue weighted by atomic mass is 79.9. The minimum atomic E-state index is -2.20. The first-order valence-electron chi connectivity index (χ1n) is 8.59. The molecule has 0 N–H and O–H groups in total. The summed E-state index contributed by atoms with van der Waals surface area (Å²) < 4.78 is 34.8. The molecule has 0 saturated carbocycles. The number of hydrogen-bond donors (Lipinski definition) is 0. The fourth-order valence-electron chi connectivity index (χ4n) is 2.29. The molecular weight excluding hydrogens is 463 g/mol. The van der Waals surface area contributed by atoms with Gasteiger partial charge in [0.15, 0.2) is 0 Å². The normalized spacial score (nSPS) is 12.6. The second-order valence-corrected chi connectivity index (χ2v) is 8.18. The fourth-order valence-corrected chi connectivity index (χ4v) is 3.37. The average Bonchev–Trinajstić information content (AvgIpc) is 2.63. The van der Waals surface area contributed by atoms with Gasteiger partial charge in [-0.25, -0.2) is 0 Å². The van der Waals surface area contributed by atoms with Crippen molar-refractivity contribution in [2.45, 2.75) is 64.6 Å². The summed E-state index contributed by atoms with van der Waals surface area (Å²) in [5.74, 6) is 0. The minimum Gasteiger partial charge on any atom is -0.372 e. The molecule has 0 aliphatic rings. The van der Waals surface area contributed by atoms with Gasteiger partial charge in [-0.2, -0.15) is 0 Å². The molecule has 0 aromatic carbocycles. The van der Waals surface area contributed by atoms with Crippen molar-refractivity contribution in [1.82, 2.24) is 0 Å². The molecule has 0 bridgehead atoms. The lowest BCUT2D eigenvalue weighted by molar-refractivity contribution is -0.0835. The van der Waals surface area contributed by atoms with Crippen molar-refractivity contribution in [2.24, 2.45) is 0 Å². The Kier molecular flexibility index (Phi) is 14.5. The van der Waals surface area contributed by atoms with Crippen LogP contribution in [0.2, 0.25) is 0 Å². The van der Waals surface area contributed by atoms with Crippen LogP contribution in [0.5, 0.6) is 0 Å². The van der Waals surface area contributed by atoms with Gasteiger partial charge in [-0.15, -0.1) is 9.05 Å². The van der Waals surface area contributed by atoms with E-state index >= 15 is 0 Å². The van der Waals surface area contributed by atoms with Crippen LogP contribution >= 0.6 is 40.1 Å². The lowest BCUT2D eigenvalue weighted by atomic mass is 9.98. The molecule has 0 aromatic heterocycles. The summed E-state index contributed by atoms with van der Waals surface area (Å²) in [6.07, 6.45) is 3.17. The van der Waals surface area contributed by atoms with E-state index in [4.69, 9.17) is 18.5 Å². The molecule has 8 heteroatoms. The van der Waals surface area contributed by atoms with Crippen molar-refractivity contribution in [3.05, 3.63) is 0 Å². The molecular formula is C16H32Br2O5P+. The van der Waals surface area contributed by atoms with Crippen molar-refractivity contribution < 1.29 is 23.1 Å². The van der Waals surface area contributed by atoms with Crippen LogP contribution in [-0.4, -0.2) is 48.3 Å². The lowest BCUT2D eigenvalue weighted by Crippen LogP contribution is -2.37. The van der Waals surface area contributed by atoms with Gasteiger partial charge in [0.25, 0.3) is 0 Å². The van der Waals surface area contributed by atoms with Crippen LogP contribution in [-0.2, 0) is 23.1 Å². The van der Waals surface area contributed by atoms with Crippen LogP contribution in [0.15, 0.2) is 0 Å². The third kappa shape index (κ3) is 9.02. The first-order chi connectivity index (χ1) is 11.5. The van der Waals surface area contributed by atoms with Crippen molar-refractivity contribution >= 4 is 40.1 Å². The zero-order chi connectivity index (χ0) is 18.5. The van der Waals surface area contributed by atoms with E-state index < -0.39 is 19.5 Å². The Labute approximate surface area is 164 Å². The number of hydrogen-bond acceptors (Lipinski definition) is 5. The van der Waals surface area contributed by atoms with Crippen LogP contribution in [0.25, 0.3) is 0 Å². The van der Waals surface area contributed by atoms with Crippen LogP contribution in [0.3, 0.4) is 0 Å². The van der Waals surface area contributed by atoms with E-state index in [-0.39, 0.29) is 13.2 Å². The summed E-state index contributed by atoms with van der Waals surface area (Å²) >= 11 is 6.72. The maximum Gasteiger partial charge on any atom is 0.697 e. The van der Waals surface area contributed by atoms with Gasteiger partial charge in [-0.3, -0.25) is 0 Å². The monoisotopic (exact) mass is 493 g/mol. The van der Waals surface area contributed by atoms with Crippen molar-refractivity contribution in [3.63, 3.8) is 0 Å². The van der Waals surface area contributed by atoms with Gasteiger partial charge in [0, 0.05) is 15.2 Å². The SMILES string of the molecule is CCC(CC)(CO[P+](=O)OCC(CC)(CC)OCCBr)OCCBr. The molecule has 0 spiro atoms. The lowest BCUT2D eigenvalue weighted by Gasteiger charge is -2.30. The highest BCUT2D eigenvalue weighted by Crippen LogP contribution is 2.33. The smallest absolute Gasteiger partial charge is 0.372 e. The molecule has 0 amide bonds. The third-order valence-electron chi connectivity index (χ3n) is 4.41. The Morgan fingerprint density at radius 3 is 1.33 bits per heavy atom. The summed E-state index contributed by atoms with van der Waals surface area (Å²) in [5, 5.41) is 1.52. The van der Waals surface area contributed by atoms with Gasteiger partial charge >= 0.3 is 8.25 Å². The predicted octanol–water partition coefficient (Wildman–Crippen LogP) is 5.62. The van der Waals surface area contributed by atoms with E-state index in [2.05, 4.69) is 31.9 Å². The largest absolute Gasteiger partial charge is 0.697 e. The summed E-state index contributed by atoms with van der Waals surface area (Å²) in [5.41, 5.74) is -0.831. The molecule has 5 nitrogen and oxygen atoms in total. The molecule has 0 saturated heterocycles. The van der Waals surface area contributed by atoms with Gasteiger partial charge in [0.1, 0.15) is 13.2 Å². The molecule has 0 aliphatic heterocycles. The van der Waals surface area contributed by atoms with Crippen molar-refractivity contribution in [1.29, 1.82) is 0 Å². The molecule has 0 radical (unpaired) electrons. The standard InChI is InChI=1S/C16H32Br2O5P/c1-5-15(6-2,20-11-9-17)13-22-24(19)23-14-16(7-3,8-4)21-12-10-18/h5-14H2,1-4H3/q+1. The fraction of sp³-hybridized carbons (Fsp3) is 1.00.